The highest BCUT2D eigenvalue weighted by molar-refractivity contribution is 5.83. The Labute approximate surface area is 204 Å². The summed E-state index contributed by atoms with van der Waals surface area (Å²) in [5, 5.41) is 0. The summed E-state index contributed by atoms with van der Waals surface area (Å²) in [4.78, 5) is 4.83. The Morgan fingerprint density at radius 1 is 0.647 bits per heavy atom. The van der Waals surface area contributed by atoms with Gasteiger partial charge in [-0.1, -0.05) is 91.0 Å². The predicted molar refractivity (Wildman–Crippen MR) is 141 cm³/mol. The van der Waals surface area contributed by atoms with Crippen LogP contribution in [0.4, 0.5) is 5.69 Å². The van der Waals surface area contributed by atoms with Crippen LogP contribution in [0.25, 0.3) is 5.70 Å². The molecule has 0 saturated carbocycles. The predicted octanol–water partition coefficient (Wildman–Crippen LogP) is 7.92. The molecule has 0 aromatic heterocycles. The van der Waals surface area contributed by atoms with Gasteiger partial charge in [-0.15, -0.1) is 0 Å². The number of benzene rings is 4. The van der Waals surface area contributed by atoms with Gasteiger partial charge in [0, 0.05) is 22.5 Å². The van der Waals surface area contributed by atoms with Gasteiger partial charge in [0.2, 0.25) is 0 Å². The molecular weight excluding hydrogens is 412 g/mol. The van der Waals surface area contributed by atoms with Gasteiger partial charge in [0.1, 0.15) is 6.17 Å². The lowest BCUT2D eigenvalue weighted by atomic mass is 9.94. The second-order valence-electron chi connectivity index (χ2n) is 9.40. The van der Waals surface area contributed by atoms with Crippen LogP contribution in [0.3, 0.4) is 0 Å². The minimum atomic E-state index is -1.05. The molecule has 2 aliphatic rings. The number of hydrogen-bond donors (Lipinski definition) is 0. The van der Waals surface area contributed by atoms with E-state index in [-0.39, 0.29) is 6.17 Å². The fraction of sp³-hybridized carbons (Fsp3) is 0.188. The average Bonchev–Trinajstić information content (AvgIpc) is 3.31. The lowest BCUT2D eigenvalue weighted by Gasteiger charge is -2.39. The summed E-state index contributed by atoms with van der Waals surface area (Å²) in [7, 11) is 0. The molecule has 0 bridgehead atoms. The monoisotopic (exact) mass is 443 g/mol. The lowest BCUT2D eigenvalue weighted by Crippen LogP contribution is -2.35. The molecule has 2 heteroatoms. The van der Waals surface area contributed by atoms with Gasteiger partial charge in [-0.25, -0.2) is 0 Å². The Hall–Kier alpha value is -3.78. The quantitative estimate of drug-likeness (QED) is 0.317. The molecule has 2 nitrogen and oxygen atoms in total. The van der Waals surface area contributed by atoms with Gasteiger partial charge in [-0.3, -0.25) is 0 Å². The van der Waals surface area contributed by atoms with E-state index in [1.165, 1.54) is 33.6 Å². The van der Waals surface area contributed by atoms with Crippen molar-refractivity contribution < 1.29 is 1.37 Å². The van der Waals surface area contributed by atoms with Gasteiger partial charge >= 0.3 is 0 Å². The zero-order valence-electron chi connectivity index (χ0n) is 21.2. The molecule has 2 atom stereocenters. The molecule has 4 aromatic rings. The second-order valence-corrected chi connectivity index (χ2v) is 9.40. The highest BCUT2D eigenvalue weighted by Gasteiger charge is 2.49. The molecule has 4 aromatic carbocycles. The van der Waals surface area contributed by atoms with E-state index in [1.54, 1.807) is 0 Å². The molecule has 34 heavy (non-hydrogen) atoms. The van der Waals surface area contributed by atoms with Gasteiger partial charge in [0.25, 0.3) is 0 Å². The maximum Gasteiger partial charge on any atom is 0.134 e. The van der Waals surface area contributed by atoms with Crippen molar-refractivity contribution in [3.05, 3.63) is 142 Å². The van der Waals surface area contributed by atoms with Crippen LogP contribution in [-0.2, 0) is 0 Å². The van der Waals surface area contributed by atoms with Crippen LogP contribution in [0, 0.1) is 20.8 Å². The molecule has 2 unspecified atom stereocenters. The van der Waals surface area contributed by atoms with E-state index in [4.69, 9.17) is 0 Å². The molecule has 0 spiro atoms. The topological polar surface area (TPSA) is 6.48 Å². The first-order valence-electron chi connectivity index (χ1n) is 12.5. The number of anilines is 1. The summed E-state index contributed by atoms with van der Waals surface area (Å²) in [5.74, 6) is 0. The fourth-order valence-electron chi connectivity index (χ4n) is 5.82. The molecule has 2 heterocycles. The number of rotatable bonds is 3. The molecular formula is C32H30N2. The molecule has 0 fully saturated rings. The smallest absolute Gasteiger partial charge is 0.134 e. The van der Waals surface area contributed by atoms with E-state index in [9.17, 15) is 1.37 Å². The van der Waals surface area contributed by atoms with Crippen molar-refractivity contribution in [1.82, 2.24) is 4.90 Å². The SMILES string of the molecule is [2H]C1(c2ccccc2)c2ccccc2C2=C(C)N(c3ccccc3C)C(c3c(C)cccc3C)N21. The van der Waals surface area contributed by atoms with Crippen molar-refractivity contribution in [3.8, 4) is 0 Å². The van der Waals surface area contributed by atoms with Crippen LogP contribution in [0.5, 0.6) is 0 Å². The first-order chi connectivity index (χ1) is 16.9. The lowest BCUT2D eigenvalue weighted by molar-refractivity contribution is 0.283. The second kappa shape index (κ2) is 7.92. The van der Waals surface area contributed by atoms with Gasteiger partial charge in [-0.05, 0) is 61.6 Å². The standard InChI is InChI=1S/C32H30N2/c1-21-13-8-11-20-28(21)33-24(4)30-26-18-9-10-19-27(26)31(25-16-6-5-7-17-25)34(30)32(33)29-22(2)14-12-15-23(29)3/h5-20,31-32H,1-4H3/i31D. The maximum atomic E-state index is 10.2. The van der Waals surface area contributed by atoms with E-state index in [0.717, 1.165) is 22.4 Å². The zero-order valence-corrected chi connectivity index (χ0v) is 20.2. The molecule has 168 valence electrons. The third-order valence-corrected chi connectivity index (χ3v) is 7.33. The fourth-order valence-corrected chi connectivity index (χ4v) is 5.82. The third-order valence-electron chi connectivity index (χ3n) is 7.33. The molecule has 0 amide bonds. The van der Waals surface area contributed by atoms with Gasteiger partial charge in [-0.2, -0.15) is 0 Å². The highest BCUT2D eigenvalue weighted by atomic mass is 15.4. The molecule has 0 aliphatic carbocycles. The van der Waals surface area contributed by atoms with E-state index in [2.05, 4.69) is 116 Å². The van der Waals surface area contributed by atoms with Gasteiger partial charge in [0.05, 0.1) is 13.1 Å². The maximum absolute atomic E-state index is 10.2. The summed E-state index contributed by atoms with van der Waals surface area (Å²) < 4.78 is 10.2. The van der Waals surface area contributed by atoms with Crippen molar-refractivity contribution in [2.75, 3.05) is 4.90 Å². The number of aryl methyl sites for hydroxylation is 3. The first-order valence-corrected chi connectivity index (χ1v) is 12.0. The van der Waals surface area contributed by atoms with Gasteiger partial charge < -0.3 is 9.80 Å². The van der Waals surface area contributed by atoms with Crippen molar-refractivity contribution >= 4 is 11.4 Å². The van der Waals surface area contributed by atoms with Crippen molar-refractivity contribution in [2.24, 2.45) is 0 Å². The Kier molecular flexibility index (Phi) is 4.58. The Morgan fingerprint density at radius 2 is 1.26 bits per heavy atom. The molecule has 6 rings (SSSR count). The van der Waals surface area contributed by atoms with E-state index < -0.39 is 6.02 Å². The minimum absolute atomic E-state index is 0.141. The van der Waals surface area contributed by atoms with Crippen LogP contribution in [0.2, 0.25) is 0 Å². The van der Waals surface area contributed by atoms with Crippen LogP contribution in [0.1, 0.15) is 59.4 Å². The molecule has 0 radical (unpaired) electrons. The third kappa shape index (κ3) is 2.95. The average molecular weight is 444 g/mol. The summed E-state index contributed by atoms with van der Waals surface area (Å²) in [5.41, 5.74) is 11.7. The Morgan fingerprint density at radius 3 is 2.00 bits per heavy atom. The number of nitrogens with zero attached hydrogens (tertiary/aromatic N) is 2. The van der Waals surface area contributed by atoms with Gasteiger partial charge in [0.15, 0.2) is 0 Å². The van der Waals surface area contributed by atoms with Crippen LogP contribution in [-0.4, -0.2) is 4.90 Å². The largest absolute Gasteiger partial charge is 0.334 e. The molecule has 2 aliphatic heterocycles. The highest BCUT2D eigenvalue weighted by Crippen LogP contribution is 2.58. The number of fused-ring (bicyclic) bond motifs is 3. The van der Waals surface area contributed by atoms with Crippen LogP contribution < -0.4 is 4.90 Å². The normalized spacial score (nSPS) is 21.5. The minimum Gasteiger partial charge on any atom is -0.334 e. The summed E-state index contributed by atoms with van der Waals surface area (Å²) in [6.45, 7) is 8.79. The first kappa shape index (κ1) is 19.7. The number of para-hydroxylation sites is 1. The molecule has 0 saturated heterocycles. The van der Waals surface area contributed by atoms with E-state index in [0.29, 0.717) is 0 Å². The van der Waals surface area contributed by atoms with Crippen molar-refractivity contribution in [1.29, 1.82) is 0 Å². The van der Waals surface area contributed by atoms with Crippen molar-refractivity contribution in [2.45, 2.75) is 39.9 Å². The summed E-state index contributed by atoms with van der Waals surface area (Å²) >= 11 is 0. The Bertz CT molecular complexity index is 1450. The number of allylic oxidation sites excluding steroid dienone is 1. The number of hydrogen-bond acceptors (Lipinski definition) is 2. The Balaban J connectivity index is 1.72. The van der Waals surface area contributed by atoms with Crippen LogP contribution in [0.15, 0.2) is 103 Å². The zero-order chi connectivity index (χ0) is 24.3. The van der Waals surface area contributed by atoms with Crippen LogP contribution >= 0.6 is 0 Å². The molecule has 0 N–H and O–H groups in total. The van der Waals surface area contributed by atoms with E-state index >= 15 is 0 Å². The van der Waals surface area contributed by atoms with Crippen molar-refractivity contribution in [3.63, 3.8) is 0 Å². The summed E-state index contributed by atoms with van der Waals surface area (Å²) in [6, 6.07) is 32.9. The van der Waals surface area contributed by atoms with E-state index in [1.807, 2.05) is 18.2 Å². The summed E-state index contributed by atoms with van der Waals surface area (Å²) in [6.07, 6.45) is -0.141.